The van der Waals surface area contributed by atoms with Crippen LogP contribution in [-0.2, 0) is 11.2 Å². The Hall–Kier alpha value is -1.89. The number of carbonyl (C=O) groups excluding carboxylic acids is 1. The van der Waals surface area contributed by atoms with E-state index in [1.165, 1.54) is 6.33 Å². The van der Waals surface area contributed by atoms with Gasteiger partial charge < -0.3 is 15.6 Å². The Bertz CT molecular complexity index is 409. The van der Waals surface area contributed by atoms with Crippen LogP contribution < -0.4 is 21.5 Å². The molecule has 100 valence electrons. The molecule has 4 N–H and O–H groups in total. The largest absolute Gasteiger partial charge is 0.359 e. The van der Waals surface area contributed by atoms with E-state index < -0.39 is 0 Å². The van der Waals surface area contributed by atoms with Crippen molar-refractivity contribution in [2.45, 2.75) is 19.8 Å². The maximum Gasteiger partial charge on any atom is 0.221 e. The Labute approximate surface area is 107 Å². The second-order valence-electron chi connectivity index (χ2n) is 3.87. The molecule has 0 aliphatic carbocycles. The molecule has 0 saturated heterocycles. The van der Waals surface area contributed by atoms with E-state index in [0.717, 1.165) is 17.8 Å². The third-order valence-electron chi connectivity index (χ3n) is 2.73. The van der Waals surface area contributed by atoms with Gasteiger partial charge in [0.1, 0.15) is 18.0 Å². The molecule has 0 bridgehead atoms. The van der Waals surface area contributed by atoms with Crippen LogP contribution in [0.1, 0.15) is 18.9 Å². The van der Waals surface area contributed by atoms with Crippen LogP contribution in [0.15, 0.2) is 6.33 Å². The number of carbonyl (C=O) groups is 1. The molecule has 7 nitrogen and oxygen atoms in total. The lowest BCUT2D eigenvalue weighted by Gasteiger charge is -2.21. The molecule has 1 amide bonds. The lowest BCUT2D eigenvalue weighted by atomic mass is 10.2. The summed E-state index contributed by atoms with van der Waals surface area (Å²) < 4.78 is 0. The lowest BCUT2D eigenvalue weighted by Crippen LogP contribution is -2.28. The van der Waals surface area contributed by atoms with E-state index in [9.17, 15) is 4.79 Å². The normalized spacial score (nSPS) is 10.0. The molecule has 7 heteroatoms. The number of nitrogens with zero attached hydrogens (tertiary/aromatic N) is 3. The summed E-state index contributed by atoms with van der Waals surface area (Å²) in [6.45, 7) is 2.60. The summed E-state index contributed by atoms with van der Waals surface area (Å²) >= 11 is 0. The Morgan fingerprint density at radius 2 is 2.22 bits per heavy atom. The maximum atomic E-state index is 11.2. The minimum Gasteiger partial charge on any atom is -0.359 e. The first-order valence-electron chi connectivity index (χ1n) is 5.86. The van der Waals surface area contributed by atoms with Crippen LogP contribution in [0.5, 0.6) is 0 Å². The Kier molecular flexibility index (Phi) is 5.31. The molecule has 0 unspecified atom stereocenters. The molecule has 0 spiro atoms. The van der Waals surface area contributed by atoms with Gasteiger partial charge in [-0.25, -0.2) is 15.8 Å². The van der Waals surface area contributed by atoms with Crippen LogP contribution in [0, 0.1) is 0 Å². The second-order valence-corrected chi connectivity index (χ2v) is 3.87. The van der Waals surface area contributed by atoms with E-state index in [4.69, 9.17) is 5.84 Å². The van der Waals surface area contributed by atoms with E-state index >= 15 is 0 Å². The maximum absolute atomic E-state index is 11.2. The van der Waals surface area contributed by atoms with Gasteiger partial charge in [-0.1, -0.05) is 6.92 Å². The molecule has 0 fully saturated rings. The van der Waals surface area contributed by atoms with Gasteiger partial charge in [-0.05, 0) is 6.42 Å². The van der Waals surface area contributed by atoms with Gasteiger partial charge in [-0.15, -0.1) is 0 Å². The van der Waals surface area contributed by atoms with E-state index in [2.05, 4.69) is 20.7 Å². The van der Waals surface area contributed by atoms with Crippen LogP contribution in [0.25, 0.3) is 0 Å². The van der Waals surface area contributed by atoms with Gasteiger partial charge >= 0.3 is 0 Å². The minimum atomic E-state index is 0.00567. The molecule has 0 aliphatic rings. The van der Waals surface area contributed by atoms with E-state index in [-0.39, 0.29) is 5.91 Å². The highest BCUT2D eigenvalue weighted by molar-refractivity contribution is 5.76. The van der Waals surface area contributed by atoms with E-state index in [1.54, 1.807) is 7.05 Å². The first-order chi connectivity index (χ1) is 8.63. The molecule has 1 rings (SSSR count). The standard InChI is InChI=1S/C11H20N6O/c1-4-8-10(16-12)14-7-15-11(8)17(3)6-5-9(18)13-2/h7H,4-6,12H2,1-3H3,(H,13,18)(H,14,15,16). The predicted octanol–water partition coefficient (Wildman–Crippen LogP) is -0.103. The third-order valence-corrected chi connectivity index (χ3v) is 2.73. The van der Waals surface area contributed by atoms with Crippen molar-refractivity contribution in [1.29, 1.82) is 0 Å². The molecule has 0 saturated carbocycles. The highest BCUT2D eigenvalue weighted by Crippen LogP contribution is 2.22. The number of hydrogen-bond donors (Lipinski definition) is 3. The molecule has 0 atom stereocenters. The number of hydrazine groups is 1. The fourth-order valence-corrected chi connectivity index (χ4v) is 1.68. The average Bonchev–Trinajstić information content (AvgIpc) is 2.42. The predicted molar refractivity (Wildman–Crippen MR) is 71.2 cm³/mol. The zero-order chi connectivity index (χ0) is 13.5. The highest BCUT2D eigenvalue weighted by atomic mass is 16.1. The Morgan fingerprint density at radius 3 is 2.78 bits per heavy atom. The molecule has 18 heavy (non-hydrogen) atoms. The van der Waals surface area contributed by atoms with Gasteiger partial charge in [-0.2, -0.15) is 0 Å². The van der Waals surface area contributed by atoms with Gasteiger partial charge in [-0.3, -0.25) is 4.79 Å². The number of hydrogen-bond acceptors (Lipinski definition) is 6. The topological polar surface area (TPSA) is 96.2 Å². The van der Waals surface area contributed by atoms with Crippen molar-refractivity contribution in [2.75, 3.05) is 31.0 Å². The number of rotatable bonds is 6. The van der Waals surface area contributed by atoms with Crippen molar-refractivity contribution >= 4 is 17.5 Å². The number of aromatic nitrogens is 2. The molecule has 0 radical (unpaired) electrons. The Morgan fingerprint density at radius 1 is 1.50 bits per heavy atom. The van der Waals surface area contributed by atoms with Crippen LogP contribution >= 0.6 is 0 Å². The SMILES string of the molecule is CCc1c(NN)ncnc1N(C)CCC(=O)NC. The van der Waals surface area contributed by atoms with Crippen LogP contribution in [0.3, 0.4) is 0 Å². The van der Waals surface area contributed by atoms with E-state index in [0.29, 0.717) is 18.8 Å². The summed E-state index contributed by atoms with van der Waals surface area (Å²) in [5, 5.41) is 2.59. The number of amides is 1. The molecule has 1 aromatic heterocycles. The highest BCUT2D eigenvalue weighted by Gasteiger charge is 2.13. The van der Waals surface area contributed by atoms with Crippen molar-refractivity contribution < 1.29 is 4.79 Å². The van der Waals surface area contributed by atoms with Gasteiger partial charge in [0.15, 0.2) is 0 Å². The van der Waals surface area contributed by atoms with Gasteiger partial charge in [0, 0.05) is 32.6 Å². The molecule has 0 aliphatic heterocycles. The molecule has 1 aromatic rings. The summed E-state index contributed by atoms with van der Waals surface area (Å²) in [6.07, 6.45) is 2.64. The molecule has 0 aromatic carbocycles. The summed E-state index contributed by atoms with van der Waals surface area (Å²) in [7, 11) is 3.52. The van der Waals surface area contributed by atoms with Gasteiger partial charge in [0.25, 0.3) is 0 Å². The molecular formula is C11H20N6O. The van der Waals surface area contributed by atoms with Crippen molar-refractivity contribution in [3.8, 4) is 0 Å². The fraction of sp³-hybridized carbons (Fsp3) is 0.545. The van der Waals surface area contributed by atoms with Gasteiger partial charge in [0.05, 0.1) is 0 Å². The number of nitrogens with one attached hydrogen (secondary N) is 2. The van der Waals surface area contributed by atoms with Gasteiger partial charge in [0.2, 0.25) is 5.91 Å². The summed E-state index contributed by atoms with van der Waals surface area (Å²) in [6, 6.07) is 0. The Balaban J connectivity index is 2.84. The molecule has 1 heterocycles. The van der Waals surface area contributed by atoms with Crippen LogP contribution in [0.4, 0.5) is 11.6 Å². The van der Waals surface area contributed by atoms with Crippen LogP contribution in [-0.4, -0.2) is 36.5 Å². The third kappa shape index (κ3) is 3.30. The lowest BCUT2D eigenvalue weighted by molar-refractivity contribution is -0.120. The van der Waals surface area contributed by atoms with Crippen LogP contribution in [0.2, 0.25) is 0 Å². The monoisotopic (exact) mass is 252 g/mol. The zero-order valence-electron chi connectivity index (χ0n) is 11.0. The first-order valence-corrected chi connectivity index (χ1v) is 5.86. The first kappa shape index (κ1) is 14.2. The van der Waals surface area contributed by atoms with Crippen molar-refractivity contribution in [3.05, 3.63) is 11.9 Å². The smallest absolute Gasteiger partial charge is 0.221 e. The summed E-state index contributed by atoms with van der Waals surface area (Å²) in [4.78, 5) is 21.5. The van der Waals surface area contributed by atoms with Crippen molar-refractivity contribution in [1.82, 2.24) is 15.3 Å². The molecular weight excluding hydrogens is 232 g/mol. The summed E-state index contributed by atoms with van der Waals surface area (Å²) in [5.41, 5.74) is 3.50. The quantitative estimate of drug-likeness (QED) is 0.483. The van der Waals surface area contributed by atoms with E-state index in [1.807, 2.05) is 18.9 Å². The zero-order valence-corrected chi connectivity index (χ0v) is 11.0. The second kappa shape index (κ2) is 6.75. The fourth-order valence-electron chi connectivity index (χ4n) is 1.68. The average molecular weight is 252 g/mol. The number of nitrogens with two attached hydrogens (primary N) is 1. The minimum absolute atomic E-state index is 0.00567. The summed E-state index contributed by atoms with van der Waals surface area (Å²) in [5.74, 6) is 6.84. The number of anilines is 2. The van der Waals surface area contributed by atoms with Crippen molar-refractivity contribution in [2.24, 2.45) is 5.84 Å². The van der Waals surface area contributed by atoms with Crippen molar-refractivity contribution in [3.63, 3.8) is 0 Å². The number of nitrogen functional groups attached to an aromatic ring is 1.